The van der Waals surface area contributed by atoms with E-state index in [4.69, 9.17) is 0 Å². The van der Waals surface area contributed by atoms with E-state index in [2.05, 4.69) is 19.7 Å². The minimum Gasteiger partial charge on any atom is -0.352 e. The van der Waals surface area contributed by atoms with Crippen LogP contribution in [0.25, 0.3) is 0 Å². The molecular formula is C3H9N2O3PS. The number of hydrogen-bond acceptors (Lipinski definition) is 3. The maximum atomic E-state index is 10.5. The van der Waals surface area contributed by atoms with Crippen molar-refractivity contribution in [3.05, 3.63) is 0 Å². The van der Waals surface area contributed by atoms with Gasteiger partial charge in [-0.05, 0) is 0 Å². The van der Waals surface area contributed by atoms with E-state index < -0.39 is 21.7 Å². The molecule has 10 heavy (non-hydrogen) atoms. The van der Waals surface area contributed by atoms with Gasteiger partial charge in [-0.25, -0.2) is 13.6 Å². The van der Waals surface area contributed by atoms with Crippen molar-refractivity contribution in [2.45, 2.75) is 0 Å². The SMILES string of the molecule is NS(=O)(=O)CC(=O)NCP. The van der Waals surface area contributed by atoms with Gasteiger partial charge in [0.15, 0.2) is 0 Å². The molecule has 0 aromatic heterocycles. The van der Waals surface area contributed by atoms with Gasteiger partial charge in [0.2, 0.25) is 15.9 Å². The number of sulfonamides is 1. The second-order valence-corrected chi connectivity index (χ2v) is 3.63. The maximum absolute atomic E-state index is 10.5. The minimum atomic E-state index is -3.67. The average Bonchev–Trinajstić information content (AvgIpc) is 1.59. The third-order valence-electron chi connectivity index (χ3n) is 0.632. The Balaban J connectivity index is 3.82. The molecule has 0 aromatic rings. The van der Waals surface area contributed by atoms with Gasteiger partial charge in [-0.15, -0.1) is 9.24 Å². The van der Waals surface area contributed by atoms with E-state index in [-0.39, 0.29) is 0 Å². The normalized spacial score (nSPS) is 11.0. The smallest absolute Gasteiger partial charge is 0.236 e. The molecule has 7 heteroatoms. The number of carbonyl (C=O) groups is 1. The zero-order valence-corrected chi connectivity index (χ0v) is 7.17. The van der Waals surface area contributed by atoms with Crippen LogP contribution in [0.4, 0.5) is 0 Å². The molecular weight excluding hydrogens is 175 g/mol. The van der Waals surface area contributed by atoms with Crippen LogP contribution in [0.3, 0.4) is 0 Å². The molecule has 0 heterocycles. The van der Waals surface area contributed by atoms with Crippen LogP contribution in [-0.2, 0) is 14.8 Å². The number of nitrogens with two attached hydrogens (primary N) is 1. The van der Waals surface area contributed by atoms with Gasteiger partial charge >= 0.3 is 0 Å². The largest absolute Gasteiger partial charge is 0.352 e. The van der Waals surface area contributed by atoms with Crippen LogP contribution < -0.4 is 10.5 Å². The van der Waals surface area contributed by atoms with Crippen LogP contribution in [0.2, 0.25) is 0 Å². The Hall–Kier alpha value is -0.190. The van der Waals surface area contributed by atoms with Crippen molar-refractivity contribution in [3.63, 3.8) is 0 Å². The highest BCUT2D eigenvalue weighted by Gasteiger charge is 2.08. The van der Waals surface area contributed by atoms with Crippen LogP contribution in [-0.4, -0.2) is 26.4 Å². The summed E-state index contributed by atoms with van der Waals surface area (Å²) in [6.45, 7) is 0. The van der Waals surface area contributed by atoms with Gasteiger partial charge in [-0.1, -0.05) is 0 Å². The lowest BCUT2D eigenvalue weighted by molar-refractivity contribution is -0.118. The number of hydrogen-bond donors (Lipinski definition) is 2. The quantitative estimate of drug-likeness (QED) is 0.508. The van der Waals surface area contributed by atoms with Gasteiger partial charge in [0.05, 0.1) is 0 Å². The summed E-state index contributed by atoms with van der Waals surface area (Å²) in [6.07, 6.45) is 0.328. The zero-order valence-electron chi connectivity index (χ0n) is 5.20. The van der Waals surface area contributed by atoms with Crippen molar-refractivity contribution in [2.24, 2.45) is 5.14 Å². The Morgan fingerprint density at radius 3 is 2.40 bits per heavy atom. The Morgan fingerprint density at radius 2 is 2.10 bits per heavy atom. The van der Waals surface area contributed by atoms with Gasteiger partial charge in [-0.3, -0.25) is 4.79 Å². The van der Waals surface area contributed by atoms with Crippen molar-refractivity contribution < 1.29 is 13.2 Å². The van der Waals surface area contributed by atoms with E-state index in [9.17, 15) is 13.2 Å². The fourth-order valence-electron chi connectivity index (χ4n) is 0.348. The fraction of sp³-hybridized carbons (Fsp3) is 0.667. The Kier molecular flexibility index (Phi) is 3.78. The molecule has 0 radical (unpaired) electrons. The van der Waals surface area contributed by atoms with E-state index in [0.717, 1.165) is 0 Å². The van der Waals surface area contributed by atoms with Crippen molar-refractivity contribution in [1.82, 2.24) is 5.32 Å². The van der Waals surface area contributed by atoms with Crippen LogP contribution in [0.5, 0.6) is 0 Å². The maximum Gasteiger partial charge on any atom is 0.236 e. The molecule has 0 rings (SSSR count). The summed E-state index contributed by atoms with van der Waals surface area (Å²) in [5, 5.41) is 6.84. The molecule has 0 saturated heterocycles. The average molecular weight is 184 g/mol. The molecule has 0 fully saturated rings. The van der Waals surface area contributed by atoms with Crippen molar-refractivity contribution in [2.75, 3.05) is 12.0 Å². The van der Waals surface area contributed by atoms with Gasteiger partial charge in [0.1, 0.15) is 5.75 Å². The predicted molar refractivity (Wildman–Crippen MR) is 40.7 cm³/mol. The molecule has 0 aliphatic rings. The highest BCUT2D eigenvalue weighted by atomic mass is 32.2. The highest BCUT2D eigenvalue weighted by molar-refractivity contribution is 7.89. The summed E-state index contributed by atoms with van der Waals surface area (Å²) in [4.78, 5) is 10.5. The van der Waals surface area contributed by atoms with Crippen LogP contribution >= 0.6 is 9.24 Å². The summed E-state index contributed by atoms with van der Waals surface area (Å²) < 4.78 is 20.5. The van der Waals surface area contributed by atoms with Gasteiger partial charge in [-0.2, -0.15) is 0 Å². The summed E-state index contributed by atoms with van der Waals surface area (Å²) in [5.74, 6) is -1.24. The second-order valence-electron chi connectivity index (χ2n) is 1.61. The minimum absolute atomic E-state index is 0.328. The summed E-state index contributed by atoms with van der Waals surface area (Å²) in [6, 6.07) is 0. The zero-order chi connectivity index (χ0) is 8.20. The predicted octanol–water partition coefficient (Wildman–Crippen LogP) is -1.78. The lowest BCUT2D eigenvalue weighted by Gasteiger charge is -1.97. The van der Waals surface area contributed by atoms with E-state index in [1.165, 1.54) is 0 Å². The summed E-state index contributed by atoms with van der Waals surface area (Å²) in [5.41, 5.74) is 0. The van der Waals surface area contributed by atoms with E-state index in [1.807, 2.05) is 0 Å². The Bertz CT molecular complexity index is 212. The topological polar surface area (TPSA) is 89.3 Å². The summed E-state index contributed by atoms with van der Waals surface area (Å²) >= 11 is 0. The third-order valence-corrected chi connectivity index (χ3v) is 1.50. The molecule has 1 atom stereocenters. The first kappa shape index (κ1) is 9.81. The summed E-state index contributed by atoms with van der Waals surface area (Å²) in [7, 11) is -1.44. The number of amides is 1. The molecule has 0 aliphatic carbocycles. The molecule has 1 amide bonds. The van der Waals surface area contributed by atoms with Gasteiger partial charge in [0.25, 0.3) is 0 Å². The van der Waals surface area contributed by atoms with Crippen molar-refractivity contribution >= 4 is 25.2 Å². The number of carbonyl (C=O) groups excluding carboxylic acids is 1. The van der Waals surface area contributed by atoms with Crippen LogP contribution in [0.1, 0.15) is 0 Å². The van der Waals surface area contributed by atoms with Crippen molar-refractivity contribution in [1.29, 1.82) is 0 Å². The monoisotopic (exact) mass is 184 g/mol. The number of rotatable bonds is 3. The number of primary sulfonamides is 1. The molecule has 0 spiro atoms. The molecule has 0 bridgehead atoms. The first-order valence-corrected chi connectivity index (χ1v) is 4.96. The first-order valence-electron chi connectivity index (χ1n) is 2.43. The lowest BCUT2D eigenvalue weighted by atomic mass is 10.7. The van der Waals surface area contributed by atoms with E-state index in [0.29, 0.717) is 6.29 Å². The fourth-order valence-corrected chi connectivity index (χ4v) is 1.04. The molecule has 5 nitrogen and oxygen atoms in total. The standard InChI is InChI=1S/C3H9N2O3PS/c4-10(7,8)1-3(6)5-2-9/h1-2,9H2,(H,5,6)(H2,4,7,8). The van der Waals surface area contributed by atoms with Crippen LogP contribution in [0.15, 0.2) is 0 Å². The lowest BCUT2D eigenvalue weighted by Crippen LogP contribution is -2.32. The van der Waals surface area contributed by atoms with Gasteiger partial charge < -0.3 is 5.32 Å². The third kappa shape index (κ3) is 5.94. The molecule has 60 valence electrons. The molecule has 3 N–H and O–H groups in total. The molecule has 0 aliphatic heterocycles. The van der Waals surface area contributed by atoms with E-state index >= 15 is 0 Å². The van der Waals surface area contributed by atoms with Gasteiger partial charge in [0, 0.05) is 6.29 Å². The Morgan fingerprint density at radius 1 is 1.60 bits per heavy atom. The van der Waals surface area contributed by atoms with E-state index in [1.54, 1.807) is 0 Å². The molecule has 0 saturated carbocycles. The molecule has 1 unspecified atom stereocenters. The van der Waals surface area contributed by atoms with Crippen LogP contribution in [0, 0.1) is 0 Å². The van der Waals surface area contributed by atoms with Crippen molar-refractivity contribution in [3.8, 4) is 0 Å². The second kappa shape index (κ2) is 3.85. The first-order chi connectivity index (χ1) is 4.45. The Labute approximate surface area is 61.6 Å². The molecule has 0 aromatic carbocycles. The highest BCUT2D eigenvalue weighted by Crippen LogP contribution is 1.79. The number of nitrogens with one attached hydrogen (secondary N) is 1.